The van der Waals surface area contributed by atoms with Crippen molar-refractivity contribution in [1.82, 2.24) is 29.6 Å². The minimum absolute atomic E-state index is 0.114. The van der Waals surface area contributed by atoms with Crippen molar-refractivity contribution in [2.75, 3.05) is 45.9 Å². The highest BCUT2D eigenvalue weighted by Crippen LogP contribution is 2.39. The fraction of sp³-hybridized carbons (Fsp3) is 0.684. The summed E-state index contributed by atoms with van der Waals surface area (Å²) >= 11 is 0. The molecule has 27 heavy (non-hydrogen) atoms. The van der Waals surface area contributed by atoms with Crippen molar-refractivity contribution < 1.29 is 9.53 Å². The Balaban J connectivity index is 1.20. The van der Waals surface area contributed by atoms with Crippen LogP contribution in [0.4, 0.5) is 0 Å². The van der Waals surface area contributed by atoms with Gasteiger partial charge in [-0.05, 0) is 50.9 Å². The van der Waals surface area contributed by atoms with Crippen LogP contribution in [0.25, 0.3) is 5.65 Å². The van der Waals surface area contributed by atoms with Crippen molar-refractivity contribution in [2.24, 2.45) is 0 Å². The highest BCUT2D eigenvalue weighted by molar-refractivity contribution is 5.77. The lowest BCUT2D eigenvalue weighted by atomic mass is 9.96. The van der Waals surface area contributed by atoms with Gasteiger partial charge in [0.15, 0.2) is 11.5 Å². The van der Waals surface area contributed by atoms with E-state index in [9.17, 15) is 4.79 Å². The van der Waals surface area contributed by atoms with Crippen LogP contribution in [0.5, 0.6) is 0 Å². The lowest BCUT2D eigenvalue weighted by Gasteiger charge is -2.34. The molecular weight excluding hydrogens is 344 g/mol. The van der Waals surface area contributed by atoms with Gasteiger partial charge in [-0.1, -0.05) is 0 Å². The number of fused-ring (bicyclic) bond motifs is 1. The molecule has 0 N–H and O–H groups in total. The lowest BCUT2D eigenvalue weighted by molar-refractivity contribution is -0.142. The second-order valence-corrected chi connectivity index (χ2v) is 7.91. The molecule has 0 atom stereocenters. The SMILES string of the molecule is O=C1COCCN1CCN1CCC(c2nnc3ccc(C4CC4)nn23)CC1. The van der Waals surface area contributed by atoms with Gasteiger partial charge in [0.2, 0.25) is 5.91 Å². The number of ether oxygens (including phenoxy) is 1. The maximum atomic E-state index is 11.8. The van der Waals surface area contributed by atoms with E-state index in [1.54, 1.807) is 0 Å². The standard InChI is InChI=1S/C19H26N6O2/c26-18-13-27-12-11-24(18)10-9-23-7-5-15(6-8-23)19-21-20-17-4-3-16(14-1-2-14)22-25(17)19/h3-4,14-15H,1-2,5-13H2. The van der Waals surface area contributed by atoms with Crippen molar-refractivity contribution in [3.63, 3.8) is 0 Å². The Morgan fingerprint density at radius 3 is 2.63 bits per heavy atom. The number of hydrogen-bond acceptors (Lipinski definition) is 6. The molecule has 2 aromatic rings. The predicted molar refractivity (Wildman–Crippen MR) is 98.6 cm³/mol. The van der Waals surface area contributed by atoms with Crippen LogP contribution in [-0.2, 0) is 9.53 Å². The van der Waals surface area contributed by atoms with Crippen molar-refractivity contribution in [3.8, 4) is 0 Å². The summed E-state index contributed by atoms with van der Waals surface area (Å²) in [5.74, 6) is 2.16. The Hall–Kier alpha value is -2.06. The van der Waals surface area contributed by atoms with E-state index in [2.05, 4.69) is 21.2 Å². The predicted octanol–water partition coefficient (Wildman–Crippen LogP) is 1.04. The Morgan fingerprint density at radius 1 is 1.00 bits per heavy atom. The van der Waals surface area contributed by atoms with Crippen LogP contribution in [0.3, 0.4) is 0 Å². The number of carbonyl (C=O) groups is 1. The molecule has 5 rings (SSSR count). The van der Waals surface area contributed by atoms with Crippen LogP contribution < -0.4 is 0 Å². The van der Waals surface area contributed by atoms with Crippen LogP contribution in [0.2, 0.25) is 0 Å². The summed E-state index contributed by atoms with van der Waals surface area (Å²) in [4.78, 5) is 16.2. The number of likely N-dealkylation sites (tertiary alicyclic amines) is 1. The third-order valence-corrected chi connectivity index (χ3v) is 6.03. The second-order valence-electron chi connectivity index (χ2n) is 7.91. The molecule has 8 nitrogen and oxygen atoms in total. The number of morpholine rings is 1. The van der Waals surface area contributed by atoms with E-state index in [4.69, 9.17) is 9.84 Å². The van der Waals surface area contributed by atoms with Crippen molar-refractivity contribution in [3.05, 3.63) is 23.7 Å². The molecule has 2 aromatic heterocycles. The van der Waals surface area contributed by atoms with Gasteiger partial charge in [0, 0.05) is 31.5 Å². The zero-order chi connectivity index (χ0) is 18.2. The number of rotatable bonds is 5. The monoisotopic (exact) mass is 370 g/mol. The molecule has 2 aliphatic heterocycles. The molecule has 1 saturated carbocycles. The molecule has 4 heterocycles. The van der Waals surface area contributed by atoms with E-state index in [1.807, 2.05) is 15.5 Å². The molecule has 0 bridgehead atoms. The van der Waals surface area contributed by atoms with Gasteiger partial charge >= 0.3 is 0 Å². The minimum atomic E-state index is 0.114. The number of amides is 1. The Morgan fingerprint density at radius 2 is 1.85 bits per heavy atom. The van der Waals surface area contributed by atoms with E-state index < -0.39 is 0 Å². The minimum Gasteiger partial charge on any atom is -0.370 e. The van der Waals surface area contributed by atoms with Crippen LogP contribution in [0.1, 0.15) is 49.0 Å². The van der Waals surface area contributed by atoms with Gasteiger partial charge in [-0.25, -0.2) is 0 Å². The zero-order valence-corrected chi connectivity index (χ0v) is 15.6. The molecular formula is C19H26N6O2. The smallest absolute Gasteiger partial charge is 0.248 e. The molecule has 1 amide bonds. The van der Waals surface area contributed by atoms with Gasteiger partial charge in [0.05, 0.1) is 12.3 Å². The van der Waals surface area contributed by atoms with E-state index in [1.165, 1.54) is 18.5 Å². The van der Waals surface area contributed by atoms with Crippen molar-refractivity contribution in [2.45, 2.75) is 37.5 Å². The molecule has 0 unspecified atom stereocenters. The normalized spacial score (nSPS) is 22.7. The molecule has 8 heteroatoms. The van der Waals surface area contributed by atoms with E-state index in [-0.39, 0.29) is 12.5 Å². The summed E-state index contributed by atoms with van der Waals surface area (Å²) in [7, 11) is 0. The average molecular weight is 370 g/mol. The summed E-state index contributed by atoms with van der Waals surface area (Å²) < 4.78 is 7.17. The maximum absolute atomic E-state index is 11.8. The third-order valence-electron chi connectivity index (χ3n) is 6.03. The lowest BCUT2D eigenvalue weighted by Crippen LogP contribution is -2.46. The first-order chi connectivity index (χ1) is 13.3. The molecule has 0 spiro atoms. The number of nitrogens with zero attached hydrogens (tertiary/aromatic N) is 6. The molecule has 144 valence electrons. The van der Waals surface area contributed by atoms with E-state index in [0.717, 1.165) is 57.0 Å². The fourth-order valence-corrected chi connectivity index (χ4v) is 4.13. The van der Waals surface area contributed by atoms with Crippen LogP contribution in [0.15, 0.2) is 12.1 Å². The first kappa shape index (κ1) is 17.1. The summed E-state index contributed by atoms with van der Waals surface area (Å²) in [6.07, 6.45) is 4.63. The number of hydrogen-bond donors (Lipinski definition) is 0. The molecule has 0 aromatic carbocycles. The fourth-order valence-electron chi connectivity index (χ4n) is 4.13. The molecule has 1 aliphatic carbocycles. The summed E-state index contributed by atoms with van der Waals surface area (Å²) in [6, 6.07) is 4.15. The molecule has 0 radical (unpaired) electrons. The van der Waals surface area contributed by atoms with E-state index >= 15 is 0 Å². The van der Waals surface area contributed by atoms with Crippen molar-refractivity contribution >= 4 is 11.6 Å². The van der Waals surface area contributed by atoms with Gasteiger partial charge in [0.1, 0.15) is 6.61 Å². The van der Waals surface area contributed by atoms with Gasteiger partial charge in [-0.2, -0.15) is 9.61 Å². The van der Waals surface area contributed by atoms with Crippen molar-refractivity contribution in [1.29, 1.82) is 0 Å². The van der Waals surface area contributed by atoms with Gasteiger partial charge in [-0.15, -0.1) is 10.2 Å². The topological polar surface area (TPSA) is 75.9 Å². The first-order valence-corrected chi connectivity index (χ1v) is 10.1. The molecule has 3 aliphatic rings. The van der Waals surface area contributed by atoms with E-state index in [0.29, 0.717) is 18.4 Å². The van der Waals surface area contributed by atoms with Gasteiger partial charge in [-0.3, -0.25) is 4.79 Å². The maximum Gasteiger partial charge on any atom is 0.248 e. The highest BCUT2D eigenvalue weighted by atomic mass is 16.5. The van der Waals surface area contributed by atoms with Crippen LogP contribution in [-0.4, -0.2) is 81.5 Å². The van der Waals surface area contributed by atoms with Gasteiger partial charge in [0.25, 0.3) is 0 Å². The average Bonchev–Trinajstić information content (AvgIpc) is 3.47. The Kier molecular flexibility index (Phi) is 4.53. The summed E-state index contributed by atoms with van der Waals surface area (Å²) in [5.41, 5.74) is 2.03. The largest absolute Gasteiger partial charge is 0.370 e. The summed E-state index contributed by atoms with van der Waals surface area (Å²) in [5, 5.41) is 13.6. The Bertz CT molecular complexity index is 825. The number of piperidine rings is 1. The second kappa shape index (κ2) is 7.16. The van der Waals surface area contributed by atoms with Crippen LogP contribution in [0, 0.1) is 0 Å². The highest BCUT2D eigenvalue weighted by Gasteiger charge is 2.28. The van der Waals surface area contributed by atoms with Gasteiger partial charge < -0.3 is 14.5 Å². The quantitative estimate of drug-likeness (QED) is 0.783. The molecule has 3 fully saturated rings. The first-order valence-electron chi connectivity index (χ1n) is 10.1. The number of aromatic nitrogens is 4. The molecule has 2 saturated heterocycles. The number of carbonyl (C=O) groups excluding carboxylic acids is 1. The summed E-state index contributed by atoms with van der Waals surface area (Å²) in [6.45, 7) is 5.40. The Labute approximate surface area is 158 Å². The van der Waals surface area contributed by atoms with Crippen LogP contribution >= 0.6 is 0 Å². The zero-order valence-electron chi connectivity index (χ0n) is 15.6. The third kappa shape index (κ3) is 3.55.